The maximum Gasteiger partial charge on any atom is 0.223 e. The van der Waals surface area contributed by atoms with E-state index >= 15 is 0 Å². The lowest BCUT2D eigenvalue weighted by atomic mass is 9.77. The fourth-order valence-corrected chi connectivity index (χ4v) is 6.03. The maximum absolute atomic E-state index is 12.8. The summed E-state index contributed by atoms with van der Waals surface area (Å²) < 4.78 is 17.4. The summed E-state index contributed by atoms with van der Waals surface area (Å²) >= 11 is 0. The standard InChI is InChI=1S/C26H32N2O3S/c1-19(22-6-5-21-9-14-31-24(21)15-22)27-12-10-26(11-13-27)16-25(29)28(18-26)17-20-3-7-23(8-4-20)32(2)30/h3-8,15,19H,9-14,16-18H2,1-2H3. The summed E-state index contributed by atoms with van der Waals surface area (Å²) in [5.74, 6) is 1.32. The molecule has 5 nitrogen and oxygen atoms in total. The molecule has 0 bridgehead atoms. The fraction of sp³-hybridized carbons (Fsp3) is 0.500. The lowest BCUT2D eigenvalue weighted by molar-refractivity contribution is -0.128. The van der Waals surface area contributed by atoms with Crippen molar-refractivity contribution in [1.82, 2.24) is 9.80 Å². The van der Waals surface area contributed by atoms with E-state index in [-0.39, 0.29) is 11.3 Å². The third kappa shape index (κ3) is 4.23. The van der Waals surface area contributed by atoms with Crippen molar-refractivity contribution in [2.75, 3.05) is 32.5 Å². The van der Waals surface area contributed by atoms with Crippen LogP contribution in [-0.2, 0) is 28.6 Å². The average molecular weight is 453 g/mol. The molecule has 3 aliphatic rings. The molecular formula is C26H32N2O3S. The number of carbonyl (C=O) groups excluding carboxylic acids is 1. The molecule has 170 valence electrons. The van der Waals surface area contributed by atoms with Crippen molar-refractivity contribution in [3.8, 4) is 5.75 Å². The van der Waals surface area contributed by atoms with Crippen LogP contribution in [0.15, 0.2) is 47.4 Å². The zero-order valence-corrected chi connectivity index (χ0v) is 19.8. The van der Waals surface area contributed by atoms with Gasteiger partial charge in [-0.1, -0.05) is 24.3 Å². The van der Waals surface area contributed by atoms with Crippen molar-refractivity contribution in [1.29, 1.82) is 0 Å². The number of rotatable bonds is 5. The van der Waals surface area contributed by atoms with Crippen LogP contribution >= 0.6 is 0 Å². The molecule has 3 heterocycles. The first-order valence-electron chi connectivity index (χ1n) is 11.6. The van der Waals surface area contributed by atoms with Crippen LogP contribution in [0.3, 0.4) is 0 Å². The molecule has 2 aromatic carbocycles. The molecule has 2 aromatic rings. The van der Waals surface area contributed by atoms with E-state index in [0.717, 1.165) is 61.7 Å². The van der Waals surface area contributed by atoms with Crippen LogP contribution < -0.4 is 4.74 Å². The van der Waals surface area contributed by atoms with Gasteiger partial charge in [-0.15, -0.1) is 0 Å². The van der Waals surface area contributed by atoms with Crippen LogP contribution in [0.25, 0.3) is 0 Å². The second-order valence-corrected chi connectivity index (χ2v) is 11.1. The Bertz CT molecular complexity index is 1030. The predicted molar refractivity (Wildman–Crippen MR) is 126 cm³/mol. The smallest absolute Gasteiger partial charge is 0.223 e. The number of ether oxygens (including phenoxy) is 1. The van der Waals surface area contributed by atoms with E-state index in [9.17, 15) is 9.00 Å². The minimum atomic E-state index is -0.971. The van der Waals surface area contributed by atoms with Crippen molar-refractivity contribution in [2.24, 2.45) is 5.41 Å². The van der Waals surface area contributed by atoms with E-state index in [4.69, 9.17) is 4.74 Å². The minimum Gasteiger partial charge on any atom is -0.493 e. The van der Waals surface area contributed by atoms with Crippen LogP contribution in [0.4, 0.5) is 0 Å². The van der Waals surface area contributed by atoms with Gasteiger partial charge in [0.15, 0.2) is 0 Å². The Balaban J connectivity index is 1.19. The molecule has 3 aliphatic heterocycles. The Kier molecular flexibility index (Phi) is 5.84. The van der Waals surface area contributed by atoms with Crippen LogP contribution in [0.1, 0.15) is 48.9 Å². The number of hydrogen-bond acceptors (Lipinski definition) is 4. The first-order valence-corrected chi connectivity index (χ1v) is 13.2. The van der Waals surface area contributed by atoms with Gasteiger partial charge in [0, 0.05) is 53.9 Å². The normalized spacial score (nSPS) is 22.1. The molecular weight excluding hydrogens is 420 g/mol. The maximum atomic E-state index is 12.8. The second kappa shape index (κ2) is 8.64. The summed E-state index contributed by atoms with van der Waals surface area (Å²) in [7, 11) is -0.971. The lowest BCUT2D eigenvalue weighted by Gasteiger charge is -2.41. The first kappa shape index (κ1) is 21.7. The predicted octanol–water partition coefficient (Wildman–Crippen LogP) is 3.93. The molecule has 0 radical (unpaired) electrons. The van der Waals surface area contributed by atoms with E-state index in [1.807, 2.05) is 29.2 Å². The van der Waals surface area contributed by atoms with Crippen LogP contribution in [0.2, 0.25) is 0 Å². The summed E-state index contributed by atoms with van der Waals surface area (Å²) in [4.78, 5) is 18.2. The van der Waals surface area contributed by atoms with Gasteiger partial charge in [0.25, 0.3) is 0 Å². The van der Waals surface area contributed by atoms with Gasteiger partial charge < -0.3 is 9.64 Å². The number of hydrogen-bond donors (Lipinski definition) is 0. The van der Waals surface area contributed by atoms with Crippen LogP contribution in [-0.4, -0.2) is 52.4 Å². The molecule has 6 heteroatoms. The number of piperidine rings is 1. The van der Waals surface area contributed by atoms with Crippen molar-refractivity contribution < 1.29 is 13.7 Å². The highest BCUT2D eigenvalue weighted by Gasteiger charge is 2.45. The van der Waals surface area contributed by atoms with Crippen LogP contribution in [0, 0.1) is 5.41 Å². The Morgan fingerprint density at radius 2 is 1.88 bits per heavy atom. The van der Waals surface area contributed by atoms with E-state index in [0.29, 0.717) is 19.0 Å². The zero-order valence-electron chi connectivity index (χ0n) is 19.0. The average Bonchev–Trinajstić information content (AvgIpc) is 3.38. The molecule has 2 fully saturated rings. The van der Waals surface area contributed by atoms with Gasteiger partial charge >= 0.3 is 0 Å². The Morgan fingerprint density at radius 1 is 1.12 bits per heavy atom. The molecule has 0 aliphatic carbocycles. The first-order chi connectivity index (χ1) is 15.4. The number of likely N-dealkylation sites (tertiary alicyclic amines) is 2. The van der Waals surface area contributed by atoms with Gasteiger partial charge in [-0.3, -0.25) is 13.9 Å². The summed E-state index contributed by atoms with van der Waals surface area (Å²) in [5.41, 5.74) is 3.86. The highest BCUT2D eigenvalue weighted by molar-refractivity contribution is 7.84. The molecule has 1 amide bonds. The summed E-state index contributed by atoms with van der Waals surface area (Å²) in [6.45, 7) is 6.63. The molecule has 0 N–H and O–H groups in total. The quantitative estimate of drug-likeness (QED) is 0.690. The summed E-state index contributed by atoms with van der Waals surface area (Å²) in [5, 5.41) is 0. The monoisotopic (exact) mass is 452 g/mol. The van der Waals surface area contributed by atoms with Gasteiger partial charge in [0.2, 0.25) is 5.91 Å². The van der Waals surface area contributed by atoms with Crippen molar-refractivity contribution in [2.45, 2.75) is 50.1 Å². The number of fused-ring (bicyclic) bond motifs is 1. The number of nitrogens with zero attached hydrogens (tertiary/aromatic N) is 2. The molecule has 2 unspecified atom stereocenters. The highest BCUT2D eigenvalue weighted by Crippen LogP contribution is 2.43. The number of benzene rings is 2. The Labute approximate surface area is 193 Å². The molecule has 0 aromatic heterocycles. The zero-order chi connectivity index (χ0) is 22.3. The number of amides is 1. The van der Waals surface area contributed by atoms with Crippen LogP contribution in [0.5, 0.6) is 5.75 Å². The van der Waals surface area contributed by atoms with Gasteiger partial charge in [0.1, 0.15) is 5.75 Å². The van der Waals surface area contributed by atoms with Gasteiger partial charge in [-0.05, 0) is 73.2 Å². The van der Waals surface area contributed by atoms with E-state index in [2.05, 4.69) is 30.0 Å². The van der Waals surface area contributed by atoms with Crippen molar-refractivity contribution >= 4 is 16.7 Å². The topological polar surface area (TPSA) is 49.9 Å². The van der Waals surface area contributed by atoms with Crippen molar-refractivity contribution in [3.63, 3.8) is 0 Å². The molecule has 5 rings (SSSR count). The molecule has 0 saturated carbocycles. The van der Waals surface area contributed by atoms with E-state index < -0.39 is 10.8 Å². The Morgan fingerprint density at radius 3 is 2.59 bits per heavy atom. The SMILES string of the molecule is CC(c1ccc2c(c1)OCC2)N1CCC2(CC1)CC(=O)N(Cc1ccc(S(C)=O)cc1)C2. The summed E-state index contributed by atoms with van der Waals surface area (Å²) in [6, 6.07) is 14.9. The highest BCUT2D eigenvalue weighted by atomic mass is 32.2. The molecule has 1 spiro atoms. The molecule has 2 saturated heterocycles. The molecule has 32 heavy (non-hydrogen) atoms. The fourth-order valence-electron chi connectivity index (χ4n) is 5.51. The Hall–Kier alpha value is -2.18. The van der Waals surface area contributed by atoms with E-state index in [1.165, 1.54) is 11.1 Å². The third-order valence-electron chi connectivity index (χ3n) is 7.64. The van der Waals surface area contributed by atoms with Gasteiger partial charge in [-0.25, -0.2) is 0 Å². The van der Waals surface area contributed by atoms with Gasteiger partial charge in [-0.2, -0.15) is 0 Å². The lowest BCUT2D eigenvalue weighted by Crippen LogP contribution is -2.42. The second-order valence-electron chi connectivity index (χ2n) is 9.70. The van der Waals surface area contributed by atoms with E-state index in [1.54, 1.807) is 6.26 Å². The minimum absolute atomic E-state index is 0.110. The number of carbonyl (C=O) groups is 1. The third-order valence-corrected chi connectivity index (χ3v) is 8.58. The van der Waals surface area contributed by atoms with Crippen molar-refractivity contribution in [3.05, 3.63) is 59.2 Å². The largest absolute Gasteiger partial charge is 0.493 e. The molecule has 2 atom stereocenters. The summed E-state index contributed by atoms with van der Waals surface area (Å²) in [6.07, 6.45) is 5.50. The van der Waals surface area contributed by atoms with Gasteiger partial charge in [0.05, 0.1) is 6.61 Å².